The molecule has 0 heterocycles. The zero-order chi connectivity index (χ0) is 21.9. The highest BCUT2D eigenvalue weighted by Gasteiger charge is 2.26. The number of aliphatic hydroxyl groups is 1. The molecule has 0 saturated heterocycles. The van der Waals surface area contributed by atoms with Gasteiger partial charge < -0.3 is 24.4 Å². The summed E-state index contributed by atoms with van der Waals surface area (Å²) in [5, 5.41) is 20.4. The fourth-order valence-electron chi connectivity index (χ4n) is 2.52. The monoisotopic (exact) mass is 479 g/mol. The van der Waals surface area contributed by atoms with E-state index in [0.29, 0.717) is 17.0 Å². The minimum atomic E-state index is -1.15. The van der Waals surface area contributed by atoms with E-state index in [9.17, 15) is 9.59 Å². The van der Waals surface area contributed by atoms with Gasteiger partial charge in [-0.1, -0.05) is 28.1 Å². The minimum absolute atomic E-state index is 0.116. The van der Waals surface area contributed by atoms with Gasteiger partial charge in [0.25, 0.3) is 0 Å². The predicted molar refractivity (Wildman–Crippen MR) is 114 cm³/mol. The molecule has 0 aliphatic rings. The van der Waals surface area contributed by atoms with Crippen LogP contribution in [0, 0.1) is 0 Å². The standard InChI is InChI=1S/C21H22BrNO7/c1-28-18(10-11-19(25)26)20(14-2-8-17(9-3-14)29-13-12-24)30-21(27)23-16-6-4-15(22)5-7-16/h2-11,18,20,24H,12-13H2,1H3,(H,23,27)(H,25,26)/b11-10+/t18-,20-/m1/s1. The quantitative estimate of drug-likeness (QED) is 0.444. The van der Waals surface area contributed by atoms with Gasteiger partial charge in [0.05, 0.1) is 6.61 Å². The first kappa shape index (κ1) is 23.4. The number of ether oxygens (including phenoxy) is 3. The Hall–Kier alpha value is -2.88. The molecule has 30 heavy (non-hydrogen) atoms. The van der Waals surface area contributed by atoms with Gasteiger partial charge in [-0.15, -0.1) is 0 Å². The summed E-state index contributed by atoms with van der Waals surface area (Å²) in [7, 11) is 1.39. The van der Waals surface area contributed by atoms with E-state index >= 15 is 0 Å². The molecule has 0 bridgehead atoms. The molecular weight excluding hydrogens is 458 g/mol. The molecule has 0 aliphatic heterocycles. The Morgan fingerprint density at radius 1 is 1.13 bits per heavy atom. The smallest absolute Gasteiger partial charge is 0.412 e. The van der Waals surface area contributed by atoms with E-state index in [1.165, 1.54) is 13.2 Å². The lowest BCUT2D eigenvalue weighted by Crippen LogP contribution is -2.27. The number of amides is 1. The number of halogens is 1. The highest BCUT2D eigenvalue weighted by atomic mass is 79.9. The lowest BCUT2D eigenvalue weighted by molar-refractivity contribution is -0.131. The van der Waals surface area contributed by atoms with Crippen LogP contribution in [-0.4, -0.2) is 48.7 Å². The first-order valence-corrected chi connectivity index (χ1v) is 9.73. The molecule has 3 N–H and O–H groups in total. The molecule has 0 saturated carbocycles. The molecule has 2 atom stereocenters. The molecular formula is C21H22BrNO7. The Kier molecular flexibility index (Phi) is 9.33. The van der Waals surface area contributed by atoms with Crippen molar-refractivity contribution in [1.29, 1.82) is 0 Å². The SMILES string of the molecule is CO[C@H](/C=C/C(=O)O)[C@H](OC(=O)Nc1ccc(Br)cc1)c1ccc(OCCO)cc1. The van der Waals surface area contributed by atoms with Crippen LogP contribution in [-0.2, 0) is 14.3 Å². The minimum Gasteiger partial charge on any atom is -0.491 e. The lowest BCUT2D eigenvalue weighted by Gasteiger charge is -2.24. The topological polar surface area (TPSA) is 114 Å². The number of methoxy groups -OCH3 is 1. The van der Waals surface area contributed by atoms with Crippen LogP contribution >= 0.6 is 15.9 Å². The van der Waals surface area contributed by atoms with Crippen molar-refractivity contribution in [1.82, 2.24) is 0 Å². The molecule has 0 radical (unpaired) electrons. The molecule has 2 rings (SSSR count). The van der Waals surface area contributed by atoms with Crippen molar-refractivity contribution in [3.63, 3.8) is 0 Å². The molecule has 2 aromatic carbocycles. The normalized spacial score (nSPS) is 12.9. The third kappa shape index (κ3) is 7.51. The zero-order valence-electron chi connectivity index (χ0n) is 16.2. The van der Waals surface area contributed by atoms with E-state index in [2.05, 4.69) is 21.2 Å². The average Bonchev–Trinajstić information content (AvgIpc) is 2.73. The average molecular weight is 480 g/mol. The van der Waals surface area contributed by atoms with Gasteiger partial charge in [0.1, 0.15) is 18.5 Å². The molecule has 0 spiro atoms. The maximum atomic E-state index is 12.5. The van der Waals surface area contributed by atoms with Gasteiger partial charge in [0.15, 0.2) is 6.10 Å². The molecule has 0 aromatic heterocycles. The van der Waals surface area contributed by atoms with Gasteiger partial charge in [0.2, 0.25) is 0 Å². The van der Waals surface area contributed by atoms with Crippen LogP contribution in [0.2, 0.25) is 0 Å². The van der Waals surface area contributed by atoms with Crippen molar-refractivity contribution in [2.45, 2.75) is 12.2 Å². The first-order chi connectivity index (χ1) is 14.4. The van der Waals surface area contributed by atoms with Crippen molar-refractivity contribution >= 4 is 33.7 Å². The molecule has 0 unspecified atom stereocenters. The summed E-state index contributed by atoms with van der Waals surface area (Å²) in [4.78, 5) is 23.4. The van der Waals surface area contributed by atoms with Gasteiger partial charge in [0, 0.05) is 23.3 Å². The van der Waals surface area contributed by atoms with E-state index in [4.69, 9.17) is 24.4 Å². The van der Waals surface area contributed by atoms with E-state index in [-0.39, 0.29) is 13.2 Å². The summed E-state index contributed by atoms with van der Waals surface area (Å²) in [5.41, 5.74) is 1.10. The van der Waals surface area contributed by atoms with Gasteiger partial charge in [-0.2, -0.15) is 0 Å². The molecule has 0 fully saturated rings. The van der Waals surface area contributed by atoms with E-state index in [1.807, 2.05) is 0 Å². The van der Waals surface area contributed by atoms with Crippen molar-refractivity contribution in [2.24, 2.45) is 0 Å². The number of rotatable bonds is 10. The maximum Gasteiger partial charge on any atom is 0.412 e. The van der Waals surface area contributed by atoms with Crippen molar-refractivity contribution in [3.05, 3.63) is 70.7 Å². The zero-order valence-corrected chi connectivity index (χ0v) is 17.7. The number of aliphatic hydroxyl groups excluding tert-OH is 1. The number of aliphatic carboxylic acids is 1. The van der Waals surface area contributed by atoms with Crippen LogP contribution in [0.3, 0.4) is 0 Å². The summed E-state index contributed by atoms with van der Waals surface area (Å²) in [5.74, 6) is -0.622. The Morgan fingerprint density at radius 2 is 1.80 bits per heavy atom. The number of hydrogen-bond donors (Lipinski definition) is 3. The summed E-state index contributed by atoms with van der Waals surface area (Å²) in [6.07, 6.45) is -0.269. The van der Waals surface area contributed by atoms with Crippen LogP contribution in [0.4, 0.5) is 10.5 Å². The number of benzene rings is 2. The summed E-state index contributed by atoms with van der Waals surface area (Å²) < 4.78 is 17.1. The van der Waals surface area contributed by atoms with Gasteiger partial charge in [-0.05, 0) is 48.0 Å². The number of anilines is 1. The second-order valence-electron chi connectivity index (χ2n) is 6.00. The molecule has 8 nitrogen and oxygen atoms in total. The number of carboxylic acid groups (broad SMARTS) is 1. The maximum absolute atomic E-state index is 12.5. The van der Waals surface area contributed by atoms with Crippen LogP contribution in [0.5, 0.6) is 5.75 Å². The summed E-state index contributed by atoms with van der Waals surface area (Å²) >= 11 is 3.32. The molecule has 2 aromatic rings. The fraction of sp³-hybridized carbons (Fsp3) is 0.238. The Labute approximate surface area is 182 Å². The van der Waals surface area contributed by atoms with Crippen molar-refractivity contribution in [3.8, 4) is 5.75 Å². The molecule has 1 amide bonds. The lowest BCUT2D eigenvalue weighted by atomic mass is 10.0. The Morgan fingerprint density at radius 3 is 2.37 bits per heavy atom. The van der Waals surface area contributed by atoms with Crippen LogP contribution in [0.15, 0.2) is 65.2 Å². The highest BCUT2D eigenvalue weighted by molar-refractivity contribution is 9.10. The van der Waals surface area contributed by atoms with Crippen molar-refractivity contribution in [2.75, 3.05) is 25.6 Å². The number of nitrogens with one attached hydrogen (secondary N) is 1. The molecule has 9 heteroatoms. The van der Waals surface area contributed by atoms with Crippen LogP contribution in [0.25, 0.3) is 0 Å². The number of carbonyl (C=O) groups is 2. The highest BCUT2D eigenvalue weighted by Crippen LogP contribution is 2.27. The van der Waals surface area contributed by atoms with Gasteiger partial charge in [-0.25, -0.2) is 9.59 Å². The molecule has 160 valence electrons. The van der Waals surface area contributed by atoms with Gasteiger partial charge >= 0.3 is 12.1 Å². The second-order valence-corrected chi connectivity index (χ2v) is 6.91. The third-order valence-electron chi connectivity index (χ3n) is 3.89. The second kappa shape index (κ2) is 12.0. The van der Waals surface area contributed by atoms with E-state index in [1.54, 1.807) is 48.5 Å². The van der Waals surface area contributed by atoms with E-state index < -0.39 is 24.3 Å². The number of carbonyl (C=O) groups excluding carboxylic acids is 1. The van der Waals surface area contributed by atoms with Crippen LogP contribution in [0.1, 0.15) is 11.7 Å². The van der Waals surface area contributed by atoms with E-state index in [0.717, 1.165) is 10.5 Å². The predicted octanol–water partition coefficient (Wildman–Crippen LogP) is 3.77. The Balaban J connectivity index is 2.22. The summed E-state index contributed by atoms with van der Waals surface area (Å²) in [6.45, 7) is 0.0341. The molecule has 0 aliphatic carbocycles. The number of hydrogen-bond acceptors (Lipinski definition) is 6. The van der Waals surface area contributed by atoms with Crippen molar-refractivity contribution < 1.29 is 34.0 Å². The number of carboxylic acids is 1. The Bertz CT molecular complexity index is 853. The van der Waals surface area contributed by atoms with Gasteiger partial charge in [-0.3, -0.25) is 5.32 Å². The fourth-order valence-corrected chi connectivity index (χ4v) is 2.78. The largest absolute Gasteiger partial charge is 0.491 e. The first-order valence-electron chi connectivity index (χ1n) is 8.93. The van der Waals surface area contributed by atoms with Crippen LogP contribution < -0.4 is 10.1 Å². The summed E-state index contributed by atoms with van der Waals surface area (Å²) in [6, 6.07) is 13.6. The third-order valence-corrected chi connectivity index (χ3v) is 4.42.